The lowest BCUT2D eigenvalue weighted by Gasteiger charge is -2.22. The highest BCUT2D eigenvalue weighted by molar-refractivity contribution is 5.47. The normalized spacial score (nSPS) is 31.8. The van der Waals surface area contributed by atoms with E-state index in [-0.39, 0.29) is 0 Å². The minimum Gasteiger partial charge on any atom is -0.373 e. The number of hydrogen-bond donors (Lipinski definition) is 2. The summed E-state index contributed by atoms with van der Waals surface area (Å²) in [6.07, 6.45) is 14.2. The van der Waals surface area contributed by atoms with E-state index in [1.165, 1.54) is 5.57 Å². The molecule has 0 amide bonds. The third-order valence-electron chi connectivity index (χ3n) is 2.91. The van der Waals surface area contributed by atoms with Gasteiger partial charge in [0.15, 0.2) is 5.60 Å². The van der Waals surface area contributed by atoms with Crippen molar-refractivity contribution in [2.24, 2.45) is 5.73 Å². The fraction of sp³-hybridized carbons (Fsp3) is 0.286. The molecule has 1 unspecified atom stereocenters. The van der Waals surface area contributed by atoms with Crippen LogP contribution in [-0.2, 0) is 0 Å². The van der Waals surface area contributed by atoms with Crippen molar-refractivity contribution in [2.75, 3.05) is 0 Å². The van der Waals surface area contributed by atoms with Crippen molar-refractivity contribution < 1.29 is 5.11 Å². The van der Waals surface area contributed by atoms with Gasteiger partial charge in [0, 0.05) is 12.5 Å². The molecule has 0 aliphatic heterocycles. The molecule has 3 N–H and O–H groups in total. The average Bonchev–Trinajstić information content (AvgIpc) is 2.72. The Morgan fingerprint density at radius 1 is 1.19 bits per heavy atom. The van der Waals surface area contributed by atoms with Crippen LogP contribution in [0.3, 0.4) is 0 Å². The molecule has 0 spiro atoms. The van der Waals surface area contributed by atoms with Crippen molar-refractivity contribution in [1.82, 2.24) is 0 Å². The molecule has 2 aliphatic carbocycles. The molecular weight excluding hydrogens is 198 g/mol. The standard InChI is InChI=1S/C14H15NO/c15-11-10-14(16)9-4-2-1-3-6-12-7-5-8-13(12)14/h1-5,8,16H,6-7,9,15H2/b3-1-,4-2-. The molecule has 82 valence electrons. The molecule has 0 bridgehead atoms. The van der Waals surface area contributed by atoms with E-state index in [9.17, 15) is 5.11 Å². The van der Waals surface area contributed by atoms with E-state index >= 15 is 0 Å². The Balaban J connectivity index is 2.46. The van der Waals surface area contributed by atoms with Gasteiger partial charge in [0.1, 0.15) is 0 Å². The molecule has 2 heteroatoms. The minimum absolute atomic E-state index is 0.477. The second-order valence-electron chi connectivity index (χ2n) is 4.02. The van der Waals surface area contributed by atoms with E-state index in [1.807, 2.05) is 24.3 Å². The van der Waals surface area contributed by atoms with E-state index in [4.69, 9.17) is 5.73 Å². The Kier molecular flexibility index (Phi) is 2.98. The van der Waals surface area contributed by atoms with E-state index in [0.29, 0.717) is 6.42 Å². The van der Waals surface area contributed by atoms with Crippen molar-refractivity contribution in [1.29, 1.82) is 0 Å². The summed E-state index contributed by atoms with van der Waals surface area (Å²) in [6, 6.07) is 2.34. The van der Waals surface area contributed by atoms with Crippen LogP contribution in [0.5, 0.6) is 0 Å². The summed E-state index contributed by atoms with van der Waals surface area (Å²) in [6.45, 7) is 0. The first-order valence-electron chi connectivity index (χ1n) is 5.42. The molecular formula is C14H15NO. The molecule has 0 heterocycles. The van der Waals surface area contributed by atoms with E-state index in [2.05, 4.69) is 24.1 Å². The summed E-state index contributed by atoms with van der Waals surface area (Å²) in [7, 11) is 0. The van der Waals surface area contributed by atoms with Gasteiger partial charge in [-0.05, 0) is 24.3 Å². The summed E-state index contributed by atoms with van der Waals surface area (Å²) in [5, 5.41) is 10.5. The number of aliphatic hydroxyl groups is 1. The van der Waals surface area contributed by atoms with Gasteiger partial charge in [0.2, 0.25) is 0 Å². The molecule has 1 atom stereocenters. The van der Waals surface area contributed by atoms with Crippen LogP contribution in [0.4, 0.5) is 0 Å². The maximum Gasteiger partial charge on any atom is 0.156 e. The van der Waals surface area contributed by atoms with Crippen molar-refractivity contribution in [3.63, 3.8) is 0 Å². The Bertz CT molecular complexity index is 457. The number of hydrogen-bond acceptors (Lipinski definition) is 2. The van der Waals surface area contributed by atoms with Crippen LogP contribution in [0.25, 0.3) is 0 Å². The highest BCUT2D eigenvalue weighted by Crippen LogP contribution is 2.33. The van der Waals surface area contributed by atoms with E-state index < -0.39 is 5.60 Å². The van der Waals surface area contributed by atoms with Crippen LogP contribution in [0.15, 0.2) is 47.6 Å². The molecule has 2 nitrogen and oxygen atoms in total. The average molecular weight is 213 g/mol. The Labute approximate surface area is 95.8 Å². The summed E-state index contributed by atoms with van der Waals surface area (Å²) in [4.78, 5) is 0. The minimum atomic E-state index is -1.13. The topological polar surface area (TPSA) is 46.2 Å². The first-order valence-corrected chi connectivity index (χ1v) is 5.42. The molecule has 0 radical (unpaired) electrons. The first kappa shape index (κ1) is 10.8. The molecule has 0 aromatic rings. The van der Waals surface area contributed by atoms with Crippen molar-refractivity contribution in [3.8, 4) is 12.0 Å². The summed E-state index contributed by atoms with van der Waals surface area (Å²) in [5.41, 5.74) is 6.27. The fourth-order valence-corrected chi connectivity index (χ4v) is 2.12. The van der Waals surface area contributed by atoms with Crippen LogP contribution >= 0.6 is 0 Å². The van der Waals surface area contributed by atoms with E-state index in [0.717, 1.165) is 18.4 Å². The quantitative estimate of drug-likeness (QED) is 0.476. The molecule has 0 saturated heterocycles. The summed E-state index contributed by atoms with van der Waals surface area (Å²) >= 11 is 0. The molecule has 2 aliphatic rings. The van der Waals surface area contributed by atoms with Crippen LogP contribution in [0.2, 0.25) is 0 Å². The zero-order chi connectivity index (χ0) is 11.4. The van der Waals surface area contributed by atoms with Gasteiger partial charge in [-0.1, -0.05) is 42.0 Å². The van der Waals surface area contributed by atoms with Gasteiger partial charge in [-0.3, -0.25) is 0 Å². The van der Waals surface area contributed by atoms with Gasteiger partial charge in [0.05, 0.1) is 0 Å². The lowest BCUT2D eigenvalue weighted by atomic mass is 9.88. The zero-order valence-electron chi connectivity index (χ0n) is 9.11. The predicted molar refractivity (Wildman–Crippen MR) is 65.2 cm³/mol. The summed E-state index contributed by atoms with van der Waals surface area (Å²) in [5.74, 6) is 2.72. The SMILES string of the molecule is NC#CC1(O)C/C=C\C=C/CC2=C1C=CC2. The van der Waals surface area contributed by atoms with Gasteiger partial charge in [-0.25, -0.2) is 0 Å². The Morgan fingerprint density at radius 3 is 2.75 bits per heavy atom. The van der Waals surface area contributed by atoms with Gasteiger partial charge >= 0.3 is 0 Å². The molecule has 0 aromatic heterocycles. The van der Waals surface area contributed by atoms with Crippen molar-refractivity contribution in [2.45, 2.75) is 24.9 Å². The van der Waals surface area contributed by atoms with Crippen LogP contribution < -0.4 is 5.73 Å². The predicted octanol–water partition coefficient (Wildman–Crippen LogP) is 1.80. The van der Waals surface area contributed by atoms with Gasteiger partial charge in [-0.15, -0.1) is 0 Å². The highest BCUT2D eigenvalue weighted by Gasteiger charge is 2.30. The van der Waals surface area contributed by atoms with Gasteiger partial charge in [0.25, 0.3) is 0 Å². The lowest BCUT2D eigenvalue weighted by Crippen LogP contribution is -2.28. The third kappa shape index (κ3) is 1.95. The second kappa shape index (κ2) is 4.42. The maximum absolute atomic E-state index is 10.5. The number of nitrogens with two attached hydrogens (primary N) is 1. The monoisotopic (exact) mass is 213 g/mol. The number of allylic oxidation sites excluding steroid dienone is 5. The second-order valence-corrected chi connectivity index (χ2v) is 4.02. The first-order chi connectivity index (χ1) is 7.76. The Hall–Kier alpha value is -1.72. The fourth-order valence-electron chi connectivity index (χ4n) is 2.12. The zero-order valence-corrected chi connectivity index (χ0v) is 9.11. The molecule has 0 fully saturated rings. The molecule has 0 saturated carbocycles. The van der Waals surface area contributed by atoms with E-state index in [1.54, 1.807) is 0 Å². The molecule has 0 aromatic carbocycles. The van der Waals surface area contributed by atoms with Crippen LogP contribution in [0.1, 0.15) is 19.3 Å². The van der Waals surface area contributed by atoms with Crippen molar-refractivity contribution in [3.05, 3.63) is 47.6 Å². The smallest absolute Gasteiger partial charge is 0.156 e. The third-order valence-corrected chi connectivity index (χ3v) is 2.91. The lowest BCUT2D eigenvalue weighted by molar-refractivity contribution is 0.146. The summed E-state index contributed by atoms with van der Waals surface area (Å²) < 4.78 is 0. The maximum atomic E-state index is 10.5. The Morgan fingerprint density at radius 2 is 1.94 bits per heavy atom. The largest absolute Gasteiger partial charge is 0.373 e. The van der Waals surface area contributed by atoms with Crippen LogP contribution in [-0.4, -0.2) is 10.7 Å². The highest BCUT2D eigenvalue weighted by atomic mass is 16.3. The van der Waals surface area contributed by atoms with Gasteiger partial charge < -0.3 is 10.8 Å². The molecule has 2 rings (SSSR count). The number of rotatable bonds is 0. The van der Waals surface area contributed by atoms with Gasteiger partial charge in [-0.2, -0.15) is 0 Å². The van der Waals surface area contributed by atoms with Crippen LogP contribution in [0, 0.1) is 12.0 Å². The molecule has 16 heavy (non-hydrogen) atoms. The van der Waals surface area contributed by atoms with Crippen molar-refractivity contribution >= 4 is 0 Å².